The Morgan fingerprint density at radius 2 is 1.65 bits per heavy atom. The van der Waals surface area contributed by atoms with E-state index in [0.717, 1.165) is 17.8 Å². The fraction of sp³-hybridized carbons (Fsp3) is 0.143. The van der Waals surface area contributed by atoms with Gasteiger partial charge in [0.2, 0.25) is 10.0 Å². The van der Waals surface area contributed by atoms with Crippen LogP contribution in [0.4, 0.5) is 18.9 Å². The molecule has 0 bridgehead atoms. The molecule has 6 nitrogen and oxygen atoms in total. The van der Waals surface area contributed by atoms with Crippen LogP contribution >= 0.6 is 0 Å². The number of carbonyl (C=O) groups is 1. The number of anilines is 1. The highest BCUT2D eigenvalue weighted by atomic mass is 32.2. The van der Waals surface area contributed by atoms with Gasteiger partial charge in [0.1, 0.15) is 5.69 Å². The maximum absolute atomic E-state index is 12.7. The summed E-state index contributed by atoms with van der Waals surface area (Å²) in [4.78, 5) is 15.5. The molecule has 3 aromatic rings. The third kappa shape index (κ3) is 5.47. The SMILES string of the molecule is CN(Cc1ccccc1)S(=O)(=O)c1ccc(NC(=O)c2ccc(C(F)(F)F)nc2)cc1. The van der Waals surface area contributed by atoms with E-state index in [1.54, 1.807) is 0 Å². The molecule has 0 fully saturated rings. The van der Waals surface area contributed by atoms with Crippen molar-refractivity contribution in [3.05, 3.63) is 89.7 Å². The summed E-state index contributed by atoms with van der Waals surface area (Å²) < 4.78 is 64.4. The van der Waals surface area contributed by atoms with E-state index in [2.05, 4.69) is 10.3 Å². The average Bonchev–Trinajstić information content (AvgIpc) is 2.74. The lowest BCUT2D eigenvalue weighted by molar-refractivity contribution is -0.141. The Hall–Kier alpha value is -3.24. The van der Waals surface area contributed by atoms with Gasteiger partial charge in [0.25, 0.3) is 5.91 Å². The predicted molar refractivity (Wildman–Crippen MR) is 109 cm³/mol. The zero-order chi connectivity index (χ0) is 22.6. The molecule has 0 saturated carbocycles. The molecule has 2 aromatic carbocycles. The van der Waals surface area contributed by atoms with E-state index in [9.17, 15) is 26.4 Å². The zero-order valence-corrected chi connectivity index (χ0v) is 17.1. The number of halogens is 3. The lowest BCUT2D eigenvalue weighted by atomic mass is 10.2. The first-order valence-corrected chi connectivity index (χ1v) is 10.5. The normalized spacial score (nSPS) is 12.0. The molecule has 0 aliphatic carbocycles. The second-order valence-corrected chi connectivity index (χ2v) is 8.70. The molecule has 0 unspecified atom stereocenters. The minimum atomic E-state index is -4.59. The predicted octanol–water partition coefficient (Wildman–Crippen LogP) is 4.17. The molecule has 3 rings (SSSR count). The molecule has 162 valence electrons. The van der Waals surface area contributed by atoms with Crippen LogP contribution < -0.4 is 5.32 Å². The van der Waals surface area contributed by atoms with Crippen LogP contribution in [0, 0.1) is 0 Å². The third-order valence-electron chi connectivity index (χ3n) is 4.38. The number of amides is 1. The summed E-state index contributed by atoms with van der Waals surface area (Å²) >= 11 is 0. The van der Waals surface area contributed by atoms with Crippen molar-refractivity contribution in [2.75, 3.05) is 12.4 Å². The first-order chi connectivity index (χ1) is 14.6. The number of nitrogens with one attached hydrogen (secondary N) is 1. The van der Waals surface area contributed by atoms with Crippen LogP contribution in [0.25, 0.3) is 0 Å². The summed E-state index contributed by atoms with van der Waals surface area (Å²) in [6.07, 6.45) is -3.76. The maximum atomic E-state index is 12.7. The van der Waals surface area contributed by atoms with Gasteiger partial charge in [0, 0.05) is 25.5 Å². The van der Waals surface area contributed by atoms with Crippen LogP contribution in [0.3, 0.4) is 0 Å². The number of rotatable bonds is 6. The molecular formula is C21H18F3N3O3S. The summed E-state index contributed by atoms with van der Waals surface area (Å²) in [5.41, 5.74) is -0.0392. The van der Waals surface area contributed by atoms with Gasteiger partial charge in [-0.1, -0.05) is 30.3 Å². The van der Waals surface area contributed by atoms with E-state index in [4.69, 9.17) is 0 Å². The number of hydrogen-bond donors (Lipinski definition) is 1. The Kier molecular flexibility index (Phi) is 6.42. The quantitative estimate of drug-likeness (QED) is 0.613. The number of pyridine rings is 1. The molecule has 0 aliphatic heterocycles. The van der Waals surface area contributed by atoms with Crippen molar-refractivity contribution in [1.29, 1.82) is 0 Å². The first-order valence-electron chi connectivity index (χ1n) is 9.02. The average molecular weight is 449 g/mol. The Balaban J connectivity index is 1.68. The topological polar surface area (TPSA) is 79.4 Å². The van der Waals surface area contributed by atoms with E-state index in [0.29, 0.717) is 6.07 Å². The molecule has 0 atom stereocenters. The third-order valence-corrected chi connectivity index (χ3v) is 6.20. The fourth-order valence-electron chi connectivity index (χ4n) is 2.71. The van der Waals surface area contributed by atoms with Crippen molar-refractivity contribution in [3.8, 4) is 0 Å². The van der Waals surface area contributed by atoms with Crippen LogP contribution in [0.5, 0.6) is 0 Å². The number of carbonyl (C=O) groups excluding carboxylic acids is 1. The van der Waals surface area contributed by atoms with Gasteiger partial charge in [-0.15, -0.1) is 0 Å². The van der Waals surface area contributed by atoms with Crippen LogP contribution in [-0.4, -0.2) is 30.7 Å². The highest BCUT2D eigenvalue weighted by molar-refractivity contribution is 7.89. The molecule has 1 aromatic heterocycles. The molecule has 0 spiro atoms. The lowest BCUT2D eigenvalue weighted by Gasteiger charge is -2.17. The number of nitrogens with zero attached hydrogens (tertiary/aromatic N) is 2. The van der Waals surface area contributed by atoms with Gasteiger partial charge in [0.15, 0.2) is 0 Å². The summed E-state index contributed by atoms with van der Waals surface area (Å²) in [5, 5.41) is 2.50. The van der Waals surface area contributed by atoms with E-state index < -0.39 is 27.8 Å². The highest BCUT2D eigenvalue weighted by Crippen LogP contribution is 2.27. The Bertz CT molecular complexity index is 1150. The van der Waals surface area contributed by atoms with E-state index in [1.165, 1.54) is 35.6 Å². The Labute approximate surface area is 177 Å². The number of sulfonamides is 1. The van der Waals surface area contributed by atoms with Gasteiger partial charge in [-0.05, 0) is 42.0 Å². The smallest absolute Gasteiger partial charge is 0.322 e. The zero-order valence-electron chi connectivity index (χ0n) is 16.3. The molecule has 0 radical (unpaired) electrons. The largest absolute Gasteiger partial charge is 0.433 e. The van der Waals surface area contributed by atoms with Crippen LogP contribution in [0.2, 0.25) is 0 Å². The number of hydrogen-bond acceptors (Lipinski definition) is 4. The van der Waals surface area contributed by atoms with E-state index in [1.807, 2.05) is 30.3 Å². The standard InChI is InChI=1S/C21H18F3N3O3S/c1-27(14-15-5-3-2-4-6-15)31(29,30)18-10-8-17(9-11-18)26-20(28)16-7-12-19(25-13-16)21(22,23)24/h2-13H,14H2,1H3,(H,26,28). The van der Waals surface area contributed by atoms with Crippen molar-refractivity contribution in [2.24, 2.45) is 0 Å². The van der Waals surface area contributed by atoms with Gasteiger partial charge in [-0.2, -0.15) is 17.5 Å². The summed E-state index contributed by atoms with van der Waals surface area (Å²) in [7, 11) is -2.28. The Morgan fingerprint density at radius 3 is 2.19 bits per heavy atom. The molecule has 0 saturated heterocycles. The van der Waals surface area contributed by atoms with E-state index >= 15 is 0 Å². The van der Waals surface area contributed by atoms with Gasteiger partial charge in [-0.3, -0.25) is 9.78 Å². The summed E-state index contributed by atoms with van der Waals surface area (Å²) in [6, 6.07) is 16.3. The molecule has 10 heteroatoms. The van der Waals surface area contributed by atoms with Crippen molar-refractivity contribution < 1.29 is 26.4 Å². The lowest BCUT2D eigenvalue weighted by Crippen LogP contribution is -2.26. The maximum Gasteiger partial charge on any atom is 0.433 e. The second kappa shape index (κ2) is 8.86. The molecule has 0 aliphatic rings. The summed E-state index contributed by atoms with van der Waals surface area (Å²) in [5.74, 6) is -0.668. The molecule has 1 N–H and O–H groups in total. The first kappa shape index (κ1) is 22.4. The Morgan fingerprint density at radius 1 is 1.00 bits per heavy atom. The number of alkyl halides is 3. The minimum absolute atomic E-state index is 0.0418. The van der Waals surface area contributed by atoms with Gasteiger partial charge < -0.3 is 5.32 Å². The van der Waals surface area contributed by atoms with Crippen molar-refractivity contribution >= 4 is 21.6 Å². The van der Waals surface area contributed by atoms with Gasteiger partial charge >= 0.3 is 6.18 Å². The fourth-order valence-corrected chi connectivity index (χ4v) is 3.87. The monoisotopic (exact) mass is 449 g/mol. The molecule has 31 heavy (non-hydrogen) atoms. The molecule has 1 heterocycles. The number of aromatic nitrogens is 1. The minimum Gasteiger partial charge on any atom is -0.322 e. The van der Waals surface area contributed by atoms with Crippen LogP contribution in [0.1, 0.15) is 21.6 Å². The molecule has 1 amide bonds. The van der Waals surface area contributed by atoms with Crippen LogP contribution in [0.15, 0.2) is 77.8 Å². The molecular weight excluding hydrogens is 431 g/mol. The second-order valence-electron chi connectivity index (χ2n) is 6.66. The van der Waals surface area contributed by atoms with Crippen molar-refractivity contribution in [3.63, 3.8) is 0 Å². The van der Waals surface area contributed by atoms with Gasteiger partial charge in [0.05, 0.1) is 10.5 Å². The van der Waals surface area contributed by atoms with E-state index in [-0.39, 0.29) is 22.7 Å². The van der Waals surface area contributed by atoms with Crippen LogP contribution in [-0.2, 0) is 22.7 Å². The van der Waals surface area contributed by atoms with Gasteiger partial charge in [-0.25, -0.2) is 8.42 Å². The number of benzene rings is 2. The van der Waals surface area contributed by atoms with Crippen molar-refractivity contribution in [2.45, 2.75) is 17.6 Å². The highest BCUT2D eigenvalue weighted by Gasteiger charge is 2.32. The van der Waals surface area contributed by atoms with Crippen molar-refractivity contribution in [1.82, 2.24) is 9.29 Å². The summed E-state index contributed by atoms with van der Waals surface area (Å²) in [6.45, 7) is 0.197.